The summed E-state index contributed by atoms with van der Waals surface area (Å²) in [5.74, 6) is -3.29. The highest BCUT2D eigenvalue weighted by Crippen LogP contribution is 2.36. The van der Waals surface area contributed by atoms with Crippen LogP contribution in [0.15, 0.2) is 84.9 Å². The summed E-state index contributed by atoms with van der Waals surface area (Å²) in [5, 5.41) is 0. The largest absolute Gasteiger partial charge is 0.573 e. The molecule has 42 heavy (non-hydrogen) atoms. The zero-order chi connectivity index (χ0) is 30.1. The molecule has 0 bridgehead atoms. The summed E-state index contributed by atoms with van der Waals surface area (Å²) in [6.45, 7) is 2.74. The maximum atomic E-state index is 14.9. The lowest BCUT2D eigenvalue weighted by Gasteiger charge is -2.28. The highest BCUT2D eigenvalue weighted by atomic mass is 19.4. The van der Waals surface area contributed by atoms with Crippen LogP contribution in [0.5, 0.6) is 11.5 Å². The van der Waals surface area contributed by atoms with Gasteiger partial charge in [-0.05, 0) is 58.7 Å². The zero-order valence-corrected chi connectivity index (χ0v) is 21.9. The SMILES string of the molecule is CC1COC(c2ccc(C(F)(F)Oc3ccc(-c4ccc(-c5ccc(OC(F)(F)F)c(F)c5)cc4)cc3)c(F)c2)OC1. The third kappa shape index (κ3) is 6.85. The maximum Gasteiger partial charge on any atom is 0.573 e. The fourth-order valence-electron chi connectivity index (χ4n) is 4.37. The average Bonchev–Trinajstić information content (AvgIpc) is 2.94. The van der Waals surface area contributed by atoms with E-state index in [2.05, 4.69) is 4.74 Å². The number of rotatable bonds is 7. The number of hydrogen-bond donors (Lipinski definition) is 0. The van der Waals surface area contributed by atoms with Crippen molar-refractivity contribution in [3.63, 3.8) is 0 Å². The first-order valence-electron chi connectivity index (χ1n) is 12.7. The Morgan fingerprint density at radius 3 is 1.74 bits per heavy atom. The van der Waals surface area contributed by atoms with Crippen molar-refractivity contribution in [2.45, 2.75) is 25.7 Å². The Labute approximate surface area is 236 Å². The Balaban J connectivity index is 1.25. The van der Waals surface area contributed by atoms with Crippen molar-refractivity contribution in [2.24, 2.45) is 5.92 Å². The van der Waals surface area contributed by atoms with Gasteiger partial charge < -0.3 is 18.9 Å². The van der Waals surface area contributed by atoms with Crippen molar-refractivity contribution >= 4 is 0 Å². The van der Waals surface area contributed by atoms with Gasteiger partial charge in [0, 0.05) is 11.5 Å². The van der Waals surface area contributed by atoms with Gasteiger partial charge in [0.1, 0.15) is 11.6 Å². The molecule has 4 aromatic carbocycles. The molecule has 4 nitrogen and oxygen atoms in total. The highest BCUT2D eigenvalue weighted by Gasteiger charge is 2.38. The van der Waals surface area contributed by atoms with Crippen molar-refractivity contribution < 1.29 is 49.7 Å². The fourth-order valence-corrected chi connectivity index (χ4v) is 4.37. The van der Waals surface area contributed by atoms with E-state index in [1.54, 1.807) is 24.3 Å². The van der Waals surface area contributed by atoms with Gasteiger partial charge in [0.2, 0.25) is 0 Å². The Bertz CT molecular complexity index is 1530. The van der Waals surface area contributed by atoms with Crippen LogP contribution in [0, 0.1) is 17.6 Å². The molecule has 1 aliphatic heterocycles. The summed E-state index contributed by atoms with van der Waals surface area (Å²) < 4.78 is 115. The van der Waals surface area contributed by atoms with E-state index >= 15 is 0 Å². The van der Waals surface area contributed by atoms with E-state index in [0.717, 1.165) is 24.3 Å². The molecule has 1 saturated heterocycles. The molecule has 0 amide bonds. The summed E-state index contributed by atoms with van der Waals surface area (Å²) in [5.41, 5.74) is 1.51. The first-order chi connectivity index (χ1) is 19.9. The predicted molar refractivity (Wildman–Crippen MR) is 139 cm³/mol. The Morgan fingerprint density at radius 2 is 1.19 bits per heavy atom. The van der Waals surface area contributed by atoms with E-state index in [1.165, 1.54) is 36.4 Å². The second-order valence-corrected chi connectivity index (χ2v) is 9.76. The topological polar surface area (TPSA) is 36.9 Å². The number of benzene rings is 4. The Kier molecular flexibility index (Phi) is 8.16. The van der Waals surface area contributed by atoms with E-state index in [0.29, 0.717) is 35.5 Å². The molecule has 0 unspecified atom stereocenters. The smallest absolute Gasteiger partial charge is 0.429 e. The van der Waals surface area contributed by atoms with Gasteiger partial charge in [0.15, 0.2) is 17.9 Å². The van der Waals surface area contributed by atoms with Crippen LogP contribution in [-0.4, -0.2) is 19.6 Å². The van der Waals surface area contributed by atoms with Gasteiger partial charge >= 0.3 is 12.5 Å². The zero-order valence-electron chi connectivity index (χ0n) is 21.9. The molecule has 0 aliphatic carbocycles. The second-order valence-electron chi connectivity index (χ2n) is 9.76. The van der Waals surface area contributed by atoms with Gasteiger partial charge in [-0.2, -0.15) is 8.78 Å². The maximum absolute atomic E-state index is 14.9. The first kappa shape index (κ1) is 29.4. The van der Waals surface area contributed by atoms with Crippen molar-refractivity contribution in [3.8, 4) is 33.8 Å². The summed E-state index contributed by atoms with van der Waals surface area (Å²) in [6, 6.07) is 18.6. The third-order valence-corrected chi connectivity index (χ3v) is 6.45. The Morgan fingerprint density at radius 1 is 0.643 bits per heavy atom. The average molecular weight is 593 g/mol. The predicted octanol–water partition coefficient (Wildman–Crippen LogP) is 9.01. The number of alkyl halides is 5. The molecule has 4 aromatic rings. The molecule has 220 valence electrons. The molecule has 11 heteroatoms. The van der Waals surface area contributed by atoms with Crippen LogP contribution in [0.25, 0.3) is 22.3 Å². The number of halogens is 7. The molecule has 1 aliphatic rings. The molecule has 1 heterocycles. The normalized spacial score (nSPS) is 17.6. The van der Waals surface area contributed by atoms with Crippen LogP contribution in [0.1, 0.15) is 24.3 Å². The van der Waals surface area contributed by atoms with Crippen LogP contribution < -0.4 is 9.47 Å². The lowest BCUT2D eigenvalue weighted by Crippen LogP contribution is -2.26. The van der Waals surface area contributed by atoms with Crippen LogP contribution in [0.2, 0.25) is 0 Å². The lowest BCUT2D eigenvalue weighted by molar-refractivity contribution is -0.275. The van der Waals surface area contributed by atoms with E-state index in [9.17, 15) is 30.7 Å². The van der Waals surface area contributed by atoms with E-state index in [1.807, 2.05) is 6.92 Å². The van der Waals surface area contributed by atoms with Gasteiger partial charge in [-0.15, -0.1) is 13.2 Å². The van der Waals surface area contributed by atoms with Crippen molar-refractivity contribution in [1.29, 1.82) is 0 Å². The van der Waals surface area contributed by atoms with Crippen LogP contribution in [0.4, 0.5) is 30.7 Å². The van der Waals surface area contributed by atoms with Crippen molar-refractivity contribution in [3.05, 3.63) is 108 Å². The lowest BCUT2D eigenvalue weighted by atomic mass is 10.00. The molecule has 0 N–H and O–H groups in total. The van der Waals surface area contributed by atoms with Crippen LogP contribution >= 0.6 is 0 Å². The molecule has 0 aromatic heterocycles. The molecule has 5 rings (SSSR count). The quantitative estimate of drug-likeness (QED) is 0.201. The summed E-state index contributed by atoms with van der Waals surface area (Å²) >= 11 is 0. The summed E-state index contributed by atoms with van der Waals surface area (Å²) in [6.07, 6.45) is -9.81. The molecular weight excluding hydrogens is 569 g/mol. The molecular formula is C31H23F7O4. The fraction of sp³-hybridized carbons (Fsp3) is 0.226. The van der Waals surface area contributed by atoms with Gasteiger partial charge in [-0.25, -0.2) is 8.78 Å². The molecule has 0 radical (unpaired) electrons. The molecule has 0 spiro atoms. The summed E-state index contributed by atoms with van der Waals surface area (Å²) in [4.78, 5) is 0. The number of hydrogen-bond acceptors (Lipinski definition) is 4. The van der Waals surface area contributed by atoms with E-state index < -0.39 is 41.7 Å². The van der Waals surface area contributed by atoms with Gasteiger partial charge in [-0.3, -0.25) is 0 Å². The highest BCUT2D eigenvalue weighted by molar-refractivity contribution is 5.71. The molecule has 1 fully saturated rings. The minimum Gasteiger partial charge on any atom is -0.429 e. The molecule has 0 atom stereocenters. The van der Waals surface area contributed by atoms with Crippen molar-refractivity contribution in [2.75, 3.05) is 13.2 Å². The van der Waals surface area contributed by atoms with Gasteiger partial charge in [0.05, 0.1) is 18.8 Å². The minimum absolute atomic E-state index is 0.177. The van der Waals surface area contributed by atoms with Crippen molar-refractivity contribution in [1.82, 2.24) is 0 Å². The standard InChI is InChI=1S/C31H23F7O4/c1-18-16-39-29(40-17-18)23-8-12-25(26(32)15-23)30(34,35)41-24-10-6-20(7-11-24)19-2-4-21(5-3-19)22-9-13-28(27(33)14-22)42-31(36,37)38/h2-15,18,29H,16-17H2,1H3. The summed E-state index contributed by atoms with van der Waals surface area (Å²) in [7, 11) is 0. The second kappa shape index (κ2) is 11.7. The number of ether oxygens (including phenoxy) is 4. The monoisotopic (exact) mass is 592 g/mol. The van der Waals surface area contributed by atoms with Gasteiger partial charge in [-0.1, -0.05) is 55.5 Å². The van der Waals surface area contributed by atoms with E-state index in [4.69, 9.17) is 14.2 Å². The van der Waals surface area contributed by atoms with Crippen LogP contribution in [0.3, 0.4) is 0 Å². The van der Waals surface area contributed by atoms with E-state index in [-0.39, 0.29) is 17.2 Å². The third-order valence-electron chi connectivity index (χ3n) is 6.45. The minimum atomic E-state index is -5.01. The van der Waals surface area contributed by atoms with Crippen LogP contribution in [-0.2, 0) is 15.6 Å². The van der Waals surface area contributed by atoms with Gasteiger partial charge in [0.25, 0.3) is 0 Å². The Hall–Kier alpha value is -4.09. The first-order valence-corrected chi connectivity index (χ1v) is 12.7. The molecule has 0 saturated carbocycles.